The lowest BCUT2D eigenvalue weighted by Crippen LogP contribution is -2.12. The van der Waals surface area contributed by atoms with Crippen molar-refractivity contribution in [3.8, 4) is 0 Å². The minimum absolute atomic E-state index is 0.144. The Kier molecular flexibility index (Phi) is 3.21. The van der Waals surface area contributed by atoms with Crippen LogP contribution >= 0.6 is 23.2 Å². The Bertz CT molecular complexity index is 1180. The molecule has 4 nitrogen and oxygen atoms in total. The summed E-state index contributed by atoms with van der Waals surface area (Å²) in [5.74, 6) is 0.859. The molecule has 2 N–H and O–H groups in total. The summed E-state index contributed by atoms with van der Waals surface area (Å²) < 4.78 is 0. The van der Waals surface area contributed by atoms with Crippen molar-refractivity contribution < 1.29 is 0 Å². The molecule has 0 saturated carbocycles. The van der Waals surface area contributed by atoms with Crippen molar-refractivity contribution in [2.75, 3.05) is 0 Å². The zero-order valence-corrected chi connectivity index (χ0v) is 14.9. The van der Waals surface area contributed by atoms with Crippen molar-refractivity contribution in [3.05, 3.63) is 50.6 Å². The van der Waals surface area contributed by atoms with Crippen LogP contribution in [0.1, 0.15) is 26.6 Å². The lowest BCUT2D eigenvalue weighted by Gasteiger charge is -2.13. The van der Waals surface area contributed by atoms with E-state index in [9.17, 15) is 4.79 Å². The Morgan fingerprint density at radius 1 is 1.04 bits per heavy atom. The summed E-state index contributed by atoms with van der Waals surface area (Å²) in [6.45, 7) is 6.27. The van der Waals surface area contributed by atoms with E-state index in [0.29, 0.717) is 15.4 Å². The molecule has 4 rings (SSSR count). The molecule has 0 saturated heterocycles. The maximum atomic E-state index is 12.5. The monoisotopic (exact) mass is 359 g/mol. The fourth-order valence-electron chi connectivity index (χ4n) is 3.02. The van der Waals surface area contributed by atoms with Gasteiger partial charge in [0.25, 0.3) is 5.56 Å². The van der Waals surface area contributed by atoms with Crippen LogP contribution in [0, 0.1) is 0 Å². The predicted octanol–water partition coefficient (Wildman–Crippen LogP) is 5.16. The SMILES string of the molecule is CC(C)(C)c1nc2c3cc(Cl)c(Cl)cc3c3c(=O)[nH]ccc3c2[nH]1. The second-order valence-electron chi connectivity index (χ2n) is 6.97. The summed E-state index contributed by atoms with van der Waals surface area (Å²) >= 11 is 12.4. The second-order valence-corrected chi connectivity index (χ2v) is 7.78. The van der Waals surface area contributed by atoms with E-state index in [1.807, 2.05) is 6.07 Å². The van der Waals surface area contributed by atoms with E-state index in [4.69, 9.17) is 28.2 Å². The van der Waals surface area contributed by atoms with Crippen LogP contribution in [0.2, 0.25) is 10.0 Å². The van der Waals surface area contributed by atoms with Crippen molar-refractivity contribution in [3.63, 3.8) is 0 Å². The van der Waals surface area contributed by atoms with Gasteiger partial charge in [0, 0.05) is 22.4 Å². The highest BCUT2D eigenvalue weighted by Gasteiger charge is 2.22. The average Bonchev–Trinajstić information content (AvgIpc) is 2.95. The number of fused-ring (bicyclic) bond motifs is 6. The first-order valence-electron chi connectivity index (χ1n) is 7.59. The molecule has 6 heteroatoms. The third-order valence-electron chi connectivity index (χ3n) is 4.23. The van der Waals surface area contributed by atoms with Gasteiger partial charge in [-0.3, -0.25) is 4.79 Å². The molecule has 0 amide bonds. The first-order chi connectivity index (χ1) is 11.3. The zero-order valence-electron chi connectivity index (χ0n) is 13.4. The molecule has 0 aliphatic carbocycles. The van der Waals surface area contributed by atoms with Crippen molar-refractivity contribution in [2.24, 2.45) is 0 Å². The van der Waals surface area contributed by atoms with Crippen molar-refractivity contribution in [1.29, 1.82) is 0 Å². The molecular weight excluding hydrogens is 345 g/mol. The quantitative estimate of drug-likeness (QED) is 0.426. The van der Waals surface area contributed by atoms with Crippen LogP contribution in [0.5, 0.6) is 0 Å². The maximum Gasteiger partial charge on any atom is 0.256 e. The topological polar surface area (TPSA) is 61.5 Å². The molecule has 0 bridgehead atoms. The number of nitrogens with one attached hydrogen (secondary N) is 2. The number of halogens is 2. The van der Waals surface area contributed by atoms with E-state index in [1.165, 1.54) is 0 Å². The number of hydrogen-bond donors (Lipinski definition) is 2. The number of hydrogen-bond acceptors (Lipinski definition) is 2. The van der Waals surface area contributed by atoms with Crippen LogP contribution < -0.4 is 5.56 Å². The summed E-state index contributed by atoms with van der Waals surface area (Å²) in [5, 5.41) is 3.83. The number of aromatic nitrogens is 3. The summed E-state index contributed by atoms with van der Waals surface area (Å²) in [6.07, 6.45) is 1.64. The number of pyridine rings is 1. The summed E-state index contributed by atoms with van der Waals surface area (Å²) in [7, 11) is 0. The third kappa shape index (κ3) is 2.14. The summed E-state index contributed by atoms with van der Waals surface area (Å²) in [5.41, 5.74) is 1.33. The van der Waals surface area contributed by atoms with Gasteiger partial charge in [-0.25, -0.2) is 4.98 Å². The molecular formula is C18H15Cl2N3O. The molecule has 2 aromatic heterocycles. The standard InChI is InChI=1S/C18H15Cl2N3O/c1-18(2,3)17-22-14-8-4-5-21-16(24)13(8)9-6-11(19)12(20)7-10(9)15(14)23-17/h4-7H,1-3H3,(H,21,24)(H,22,23). The van der Waals surface area contributed by atoms with Gasteiger partial charge in [0.1, 0.15) is 5.82 Å². The molecule has 2 aromatic carbocycles. The molecule has 0 unspecified atom stereocenters. The fourth-order valence-corrected chi connectivity index (χ4v) is 3.35. The molecule has 0 aliphatic heterocycles. The lowest BCUT2D eigenvalue weighted by molar-refractivity contribution is 0.554. The number of aromatic amines is 2. The minimum atomic E-state index is -0.162. The van der Waals surface area contributed by atoms with Crippen molar-refractivity contribution in [1.82, 2.24) is 15.0 Å². The highest BCUT2D eigenvalue weighted by molar-refractivity contribution is 6.43. The van der Waals surface area contributed by atoms with E-state index >= 15 is 0 Å². The Hall–Kier alpha value is -2.04. The summed E-state index contributed by atoms with van der Waals surface area (Å²) in [4.78, 5) is 23.4. The van der Waals surface area contributed by atoms with Crippen LogP contribution in [-0.4, -0.2) is 15.0 Å². The first kappa shape index (κ1) is 15.5. The van der Waals surface area contributed by atoms with E-state index in [-0.39, 0.29) is 11.0 Å². The van der Waals surface area contributed by atoms with E-state index in [2.05, 4.69) is 30.7 Å². The molecule has 0 spiro atoms. The van der Waals surface area contributed by atoms with E-state index < -0.39 is 0 Å². The highest BCUT2D eigenvalue weighted by atomic mass is 35.5. The number of nitrogens with zero attached hydrogens (tertiary/aromatic N) is 1. The van der Waals surface area contributed by atoms with Crippen LogP contribution in [0.4, 0.5) is 0 Å². The molecule has 0 aliphatic rings. The molecule has 0 atom stereocenters. The van der Waals surface area contributed by atoms with Gasteiger partial charge in [-0.1, -0.05) is 44.0 Å². The zero-order chi connectivity index (χ0) is 17.2. The Morgan fingerprint density at radius 2 is 1.71 bits per heavy atom. The Balaban J connectivity index is 2.35. The lowest BCUT2D eigenvalue weighted by atomic mass is 9.96. The minimum Gasteiger partial charge on any atom is -0.341 e. The van der Waals surface area contributed by atoms with Gasteiger partial charge < -0.3 is 9.97 Å². The van der Waals surface area contributed by atoms with Gasteiger partial charge >= 0.3 is 0 Å². The van der Waals surface area contributed by atoms with Crippen LogP contribution in [0.15, 0.2) is 29.2 Å². The largest absolute Gasteiger partial charge is 0.341 e. The number of imidazole rings is 1. The van der Waals surface area contributed by atoms with Crippen LogP contribution in [0.3, 0.4) is 0 Å². The normalized spacial score (nSPS) is 12.5. The third-order valence-corrected chi connectivity index (χ3v) is 4.95. The van der Waals surface area contributed by atoms with Crippen LogP contribution in [-0.2, 0) is 5.41 Å². The molecule has 24 heavy (non-hydrogen) atoms. The van der Waals surface area contributed by atoms with Crippen molar-refractivity contribution >= 4 is 55.8 Å². The number of rotatable bonds is 0. The average molecular weight is 360 g/mol. The van der Waals surface area contributed by atoms with Gasteiger partial charge in [0.15, 0.2) is 0 Å². The molecule has 0 fully saturated rings. The van der Waals surface area contributed by atoms with E-state index in [0.717, 1.165) is 33.0 Å². The molecule has 122 valence electrons. The van der Waals surface area contributed by atoms with Gasteiger partial charge in [0.2, 0.25) is 0 Å². The molecule has 4 aromatic rings. The Labute approximate surface area is 147 Å². The second kappa shape index (κ2) is 4.98. The Morgan fingerprint density at radius 3 is 2.38 bits per heavy atom. The van der Waals surface area contributed by atoms with Gasteiger partial charge in [0.05, 0.1) is 26.5 Å². The van der Waals surface area contributed by atoms with E-state index in [1.54, 1.807) is 18.3 Å². The maximum absolute atomic E-state index is 12.5. The number of H-pyrrole nitrogens is 2. The molecule has 2 heterocycles. The highest BCUT2D eigenvalue weighted by Crippen LogP contribution is 2.37. The smallest absolute Gasteiger partial charge is 0.256 e. The van der Waals surface area contributed by atoms with Crippen LogP contribution in [0.25, 0.3) is 32.6 Å². The van der Waals surface area contributed by atoms with Gasteiger partial charge in [-0.15, -0.1) is 0 Å². The molecule has 0 radical (unpaired) electrons. The summed E-state index contributed by atoms with van der Waals surface area (Å²) in [6, 6.07) is 5.40. The fraction of sp³-hybridized carbons (Fsp3) is 0.222. The van der Waals surface area contributed by atoms with Crippen molar-refractivity contribution in [2.45, 2.75) is 26.2 Å². The van der Waals surface area contributed by atoms with Gasteiger partial charge in [-0.2, -0.15) is 0 Å². The predicted molar refractivity (Wildman–Crippen MR) is 100 cm³/mol. The first-order valence-corrected chi connectivity index (χ1v) is 8.35. The van der Waals surface area contributed by atoms with Gasteiger partial charge in [-0.05, 0) is 23.6 Å². The number of benzene rings is 2.